The molecule has 4 aromatic carbocycles. The molecule has 0 fully saturated rings. The Kier molecular flexibility index (Phi) is 9.96. The number of nitrogens with zero attached hydrogens (tertiary/aromatic N) is 1. The van der Waals surface area contributed by atoms with Crippen molar-refractivity contribution in [3.8, 4) is 11.3 Å². The van der Waals surface area contributed by atoms with E-state index in [1.807, 2.05) is 42.6 Å². The molecule has 0 aliphatic rings. The molecule has 7 nitrogen and oxygen atoms in total. The molecule has 5 rings (SSSR count). The minimum absolute atomic E-state index is 0.127. The van der Waals surface area contributed by atoms with E-state index in [1.54, 1.807) is 54.6 Å². The molecule has 0 spiro atoms. The van der Waals surface area contributed by atoms with Crippen LogP contribution in [0.1, 0.15) is 21.5 Å². The summed E-state index contributed by atoms with van der Waals surface area (Å²) in [4.78, 5) is 44.0. The highest BCUT2D eigenvalue weighted by molar-refractivity contribution is 8.00. The van der Waals surface area contributed by atoms with Crippen molar-refractivity contribution in [2.45, 2.75) is 11.8 Å². The highest BCUT2D eigenvalue weighted by Crippen LogP contribution is 2.26. The average molecular weight is 623 g/mol. The molecule has 0 saturated heterocycles. The van der Waals surface area contributed by atoms with Crippen molar-refractivity contribution in [2.75, 3.05) is 16.4 Å². The van der Waals surface area contributed by atoms with E-state index in [9.17, 15) is 18.8 Å². The molecule has 1 aromatic heterocycles. The molecule has 10 heteroatoms. The Balaban J connectivity index is 1.23. The fourth-order valence-electron chi connectivity index (χ4n) is 4.04. The maximum absolute atomic E-state index is 14.4. The first-order chi connectivity index (χ1) is 21.3. The van der Waals surface area contributed by atoms with Gasteiger partial charge in [-0.25, -0.2) is 9.37 Å². The van der Waals surface area contributed by atoms with Crippen LogP contribution in [-0.2, 0) is 9.59 Å². The zero-order valence-corrected chi connectivity index (χ0v) is 25.2. The zero-order chi connectivity index (χ0) is 30.9. The van der Waals surface area contributed by atoms with Crippen LogP contribution in [-0.4, -0.2) is 28.5 Å². The Labute approximate surface area is 262 Å². The Morgan fingerprint density at radius 1 is 0.886 bits per heavy atom. The van der Waals surface area contributed by atoms with Gasteiger partial charge in [-0.15, -0.1) is 23.1 Å². The van der Waals surface area contributed by atoms with E-state index in [1.165, 1.54) is 47.4 Å². The van der Waals surface area contributed by atoms with Crippen LogP contribution in [0, 0.1) is 12.7 Å². The Hall–Kier alpha value is -5.06. The number of aromatic nitrogens is 1. The van der Waals surface area contributed by atoms with Crippen LogP contribution in [0.25, 0.3) is 17.3 Å². The Morgan fingerprint density at radius 2 is 1.64 bits per heavy atom. The van der Waals surface area contributed by atoms with Gasteiger partial charge < -0.3 is 16.0 Å². The summed E-state index contributed by atoms with van der Waals surface area (Å²) in [5.41, 5.74) is 3.74. The predicted molar refractivity (Wildman–Crippen MR) is 175 cm³/mol. The van der Waals surface area contributed by atoms with Crippen molar-refractivity contribution in [1.29, 1.82) is 0 Å². The highest BCUT2D eigenvalue weighted by atomic mass is 32.2. The van der Waals surface area contributed by atoms with Gasteiger partial charge in [0.2, 0.25) is 5.91 Å². The van der Waals surface area contributed by atoms with E-state index in [-0.39, 0.29) is 22.9 Å². The fourth-order valence-corrected chi connectivity index (χ4v) is 5.54. The molecule has 0 unspecified atom stereocenters. The van der Waals surface area contributed by atoms with Crippen LogP contribution < -0.4 is 16.0 Å². The van der Waals surface area contributed by atoms with E-state index < -0.39 is 17.6 Å². The molecule has 1 heterocycles. The molecule has 0 bridgehead atoms. The number of hydrogen-bond acceptors (Lipinski definition) is 6. The summed E-state index contributed by atoms with van der Waals surface area (Å²) in [7, 11) is 0. The van der Waals surface area contributed by atoms with Gasteiger partial charge in [0.15, 0.2) is 5.13 Å². The maximum atomic E-state index is 14.4. The number of hydrogen-bond donors (Lipinski definition) is 3. The number of benzene rings is 4. The number of anilines is 2. The van der Waals surface area contributed by atoms with Gasteiger partial charge in [-0.3, -0.25) is 14.4 Å². The summed E-state index contributed by atoms with van der Waals surface area (Å²) in [6.07, 6.45) is 1.29. The first kappa shape index (κ1) is 30.4. The zero-order valence-electron chi connectivity index (χ0n) is 23.5. The summed E-state index contributed by atoms with van der Waals surface area (Å²) in [6, 6.07) is 29.4. The molecular weight excluding hydrogens is 596 g/mol. The molecule has 3 amide bonds. The van der Waals surface area contributed by atoms with Gasteiger partial charge in [0.05, 0.1) is 11.4 Å². The van der Waals surface area contributed by atoms with E-state index >= 15 is 0 Å². The largest absolute Gasteiger partial charge is 0.321 e. The second-order valence-electron chi connectivity index (χ2n) is 9.62. The molecule has 0 aliphatic carbocycles. The molecule has 3 N–H and O–H groups in total. The van der Waals surface area contributed by atoms with Gasteiger partial charge in [0.25, 0.3) is 11.8 Å². The van der Waals surface area contributed by atoms with E-state index in [2.05, 4.69) is 20.9 Å². The molecule has 44 heavy (non-hydrogen) atoms. The van der Waals surface area contributed by atoms with Gasteiger partial charge in [-0.05, 0) is 49.4 Å². The quantitative estimate of drug-likeness (QED) is 0.111. The summed E-state index contributed by atoms with van der Waals surface area (Å²) >= 11 is 2.65. The molecule has 220 valence electrons. The maximum Gasteiger partial charge on any atom is 0.272 e. The van der Waals surface area contributed by atoms with Crippen molar-refractivity contribution in [3.05, 3.63) is 137 Å². The number of nitrogens with one attached hydrogen (secondary N) is 3. The van der Waals surface area contributed by atoms with Crippen LogP contribution in [0.2, 0.25) is 0 Å². The van der Waals surface area contributed by atoms with Gasteiger partial charge in [0, 0.05) is 32.7 Å². The molecule has 5 aromatic rings. The van der Waals surface area contributed by atoms with Crippen LogP contribution >= 0.6 is 23.1 Å². The van der Waals surface area contributed by atoms with Crippen molar-refractivity contribution >= 4 is 57.7 Å². The third-order valence-corrected chi connectivity index (χ3v) is 8.05. The van der Waals surface area contributed by atoms with Gasteiger partial charge in [0.1, 0.15) is 11.5 Å². The number of rotatable bonds is 10. The summed E-state index contributed by atoms with van der Waals surface area (Å²) < 4.78 is 14.4. The van der Waals surface area contributed by atoms with Crippen molar-refractivity contribution in [2.24, 2.45) is 0 Å². The van der Waals surface area contributed by atoms with Gasteiger partial charge in [-0.2, -0.15) is 0 Å². The van der Waals surface area contributed by atoms with E-state index in [0.717, 1.165) is 21.7 Å². The smallest absolute Gasteiger partial charge is 0.272 e. The number of thioether (sulfide) groups is 1. The lowest BCUT2D eigenvalue weighted by Gasteiger charge is -2.12. The normalized spacial score (nSPS) is 11.1. The highest BCUT2D eigenvalue weighted by Gasteiger charge is 2.16. The van der Waals surface area contributed by atoms with Gasteiger partial charge >= 0.3 is 0 Å². The van der Waals surface area contributed by atoms with Crippen LogP contribution in [0.4, 0.5) is 15.2 Å². The molecule has 0 atom stereocenters. The second-order valence-corrected chi connectivity index (χ2v) is 11.5. The molecular formula is C34H27FN4O3S2. The Morgan fingerprint density at radius 3 is 2.41 bits per heavy atom. The summed E-state index contributed by atoms with van der Waals surface area (Å²) in [5, 5.41) is 10.6. The average Bonchev–Trinajstić information content (AvgIpc) is 3.50. The summed E-state index contributed by atoms with van der Waals surface area (Å²) in [5.74, 6) is -1.77. The number of halogens is 1. The van der Waals surface area contributed by atoms with Crippen LogP contribution in [0.15, 0.2) is 119 Å². The lowest BCUT2D eigenvalue weighted by molar-refractivity contribution is -0.114. The SMILES string of the molecule is Cc1ccc(-c2csc(NC(=O)CSc3cccc(NC(=O)/C(=C/c4ccccc4F)NC(=O)c4ccccc4)c3)n2)cc1. The summed E-state index contributed by atoms with van der Waals surface area (Å²) in [6.45, 7) is 2.02. The number of amides is 3. The minimum atomic E-state index is -0.634. The molecule has 0 saturated carbocycles. The second kappa shape index (κ2) is 14.4. The molecule has 0 radical (unpaired) electrons. The first-order valence-electron chi connectivity index (χ1n) is 13.5. The third kappa shape index (κ3) is 8.27. The van der Waals surface area contributed by atoms with Crippen molar-refractivity contribution < 1.29 is 18.8 Å². The van der Waals surface area contributed by atoms with Crippen LogP contribution in [0.3, 0.4) is 0 Å². The topological polar surface area (TPSA) is 100 Å². The number of thiazole rings is 1. The first-order valence-corrected chi connectivity index (χ1v) is 15.4. The predicted octanol–water partition coefficient (Wildman–Crippen LogP) is 7.40. The lowest BCUT2D eigenvalue weighted by atomic mass is 10.1. The molecule has 0 aliphatic heterocycles. The van der Waals surface area contributed by atoms with Crippen molar-refractivity contribution in [3.63, 3.8) is 0 Å². The van der Waals surface area contributed by atoms with E-state index in [0.29, 0.717) is 16.4 Å². The van der Waals surface area contributed by atoms with Gasteiger partial charge in [-0.1, -0.05) is 72.3 Å². The third-order valence-electron chi connectivity index (χ3n) is 6.29. The lowest BCUT2D eigenvalue weighted by Crippen LogP contribution is -2.30. The fraction of sp³-hybridized carbons (Fsp3) is 0.0588. The van der Waals surface area contributed by atoms with Crippen molar-refractivity contribution in [1.82, 2.24) is 10.3 Å². The van der Waals surface area contributed by atoms with Crippen LogP contribution in [0.5, 0.6) is 0 Å². The monoisotopic (exact) mass is 622 g/mol. The van der Waals surface area contributed by atoms with E-state index in [4.69, 9.17) is 0 Å². The Bertz CT molecular complexity index is 1820. The number of aryl methyl sites for hydroxylation is 1. The minimum Gasteiger partial charge on any atom is -0.321 e. The number of carbonyl (C=O) groups is 3. The number of carbonyl (C=O) groups excluding carboxylic acids is 3. The standard InChI is InChI=1S/C34H27FN4O3S2/c1-22-14-16-23(17-15-22)30-20-44-34(38-30)39-31(40)21-43-27-12-7-11-26(19-27)36-33(42)29(18-25-10-5-6-13-28(25)35)37-32(41)24-8-3-2-4-9-24/h2-20H,21H2,1H3,(H,36,42)(H,37,41)(H,38,39,40)/b29-18-.